The zero-order chi connectivity index (χ0) is 19.2. The molecule has 2 aromatic rings. The molecule has 27 heavy (non-hydrogen) atoms. The number of amides is 2. The monoisotopic (exact) mass is 371 g/mol. The van der Waals surface area contributed by atoms with Gasteiger partial charge in [0.05, 0.1) is 11.8 Å². The van der Waals surface area contributed by atoms with E-state index in [1.165, 1.54) is 6.26 Å². The van der Waals surface area contributed by atoms with Crippen molar-refractivity contribution in [1.82, 2.24) is 19.7 Å². The third-order valence-corrected chi connectivity index (χ3v) is 4.46. The summed E-state index contributed by atoms with van der Waals surface area (Å²) in [5.41, 5.74) is 0.555. The summed E-state index contributed by atoms with van der Waals surface area (Å²) in [6, 6.07) is 6.95. The van der Waals surface area contributed by atoms with Crippen molar-refractivity contribution in [3.63, 3.8) is 0 Å². The van der Waals surface area contributed by atoms with Crippen molar-refractivity contribution in [2.45, 2.75) is 0 Å². The first-order chi connectivity index (χ1) is 13.0. The second-order valence-electron chi connectivity index (χ2n) is 6.72. The predicted octanol–water partition coefficient (Wildman–Crippen LogP) is 1.25. The third-order valence-electron chi connectivity index (χ3n) is 4.46. The minimum Gasteiger partial charge on any atom is -0.459 e. The van der Waals surface area contributed by atoms with Gasteiger partial charge in [0.1, 0.15) is 5.82 Å². The van der Waals surface area contributed by atoms with Gasteiger partial charge in [-0.25, -0.2) is 4.98 Å². The summed E-state index contributed by atoms with van der Waals surface area (Å²) < 4.78 is 5.16. The number of furan rings is 1. The van der Waals surface area contributed by atoms with Gasteiger partial charge in [0.25, 0.3) is 11.8 Å². The van der Waals surface area contributed by atoms with Gasteiger partial charge in [0.15, 0.2) is 5.76 Å². The Kier molecular flexibility index (Phi) is 6.08. The molecule has 0 spiro atoms. The van der Waals surface area contributed by atoms with Crippen LogP contribution < -0.4 is 5.32 Å². The molecule has 2 amide bonds. The quantitative estimate of drug-likeness (QED) is 0.823. The Morgan fingerprint density at radius 1 is 1.11 bits per heavy atom. The fraction of sp³-hybridized carbons (Fsp3) is 0.421. The first kappa shape index (κ1) is 18.9. The highest BCUT2D eigenvalue weighted by molar-refractivity contribution is 5.95. The summed E-state index contributed by atoms with van der Waals surface area (Å²) in [5, 5.41) is 3.22. The number of nitrogens with one attached hydrogen (secondary N) is 1. The lowest BCUT2D eigenvalue weighted by molar-refractivity contribution is 0.0518. The molecule has 1 saturated heterocycles. The van der Waals surface area contributed by atoms with Crippen LogP contribution in [0.3, 0.4) is 0 Å². The van der Waals surface area contributed by atoms with Crippen LogP contribution >= 0.6 is 0 Å². The summed E-state index contributed by atoms with van der Waals surface area (Å²) in [7, 11) is 4.03. The summed E-state index contributed by atoms with van der Waals surface area (Å²) in [6.45, 7) is 3.66. The molecule has 3 rings (SSSR count). The van der Waals surface area contributed by atoms with Crippen molar-refractivity contribution in [3.8, 4) is 0 Å². The number of rotatable bonds is 6. The Hall–Kier alpha value is -2.87. The van der Waals surface area contributed by atoms with Gasteiger partial charge < -0.3 is 24.4 Å². The molecule has 0 aliphatic carbocycles. The van der Waals surface area contributed by atoms with Crippen LogP contribution in [0.5, 0.6) is 0 Å². The number of nitrogens with zero attached hydrogens (tertiary/aromatic N) is 4. The van der Waals surface area contributed by atoms with Gasteiger partial charge in [-0.2, -0.15) is 0 Å². The summed E-state index contributed by atoms with van der Waals surface area (Å²) >= 11 is 0. The van der Waals surface area contributed by atoms with Gasteiger partial charge in [-0.05, 0) is 38.4 Å². The van der Waals surface area contributed by atoms with E-state index in [0.29, 0.717) is 37.5 Å². The molecule has 0 atom stereocenters. The number of pyridine rings is 1. The Morgan fingerprint density at radius 2 is 1.81 bits per heavy atom. The Labute approximate surface area is 158 Å². The molecule has 0 saturated carbocycles. The van der Waals surface area contributed by atoms with E-state index in [4.69, 9.17) is 4.42 Å². The zero-order valence-electron chi connectivity index (χ0n) is 15.7. The van der Waals surface area contributed by atoms with Crippen LogP contribution in [0.2, 0.25) is 0 Å². The maximum absolute atomic E-state index is 12.7. The minimum atomic E-state index is -0.137. The van der Waals surface area contributed by atoms with Crippen molar-refractivity contribution in [2.75, 3.05) is 58.7 Å². The van der Waals surface area contributed by atoms with E-state index in [1.807, 2.05) is 20.2 Å². The Morgan fingerprint density at radius 3 is 2.37 bits per heavy atom. The molecule has 2 aromatic heterocycles. The van der Waals surface area contributed by atoms with Gasteiger partial charge in [0.2, 0.25) is 0 Å². The molecule has 1 N–H and O–H groups in total. The number of hydrogen-bond donors (Lipinski definition) is 1. The van der Waals surface area contributed by atoms with E-state index in [-0.39, 0.29) is 11.8 Å². The molecule has 8 heteroatoms. The highest BCUT2D eigenvalue weighted by Crippen LogP contribution is 2.13. The highest BCUT2D eigenvalue weighted by Gasteiger charge is 2.26. The van der Waals surface area contributed by atoms with E-state index in [1.54, 1.807) is 34.2 Å². The third kappa shape index (κ3) is 4.85. The summed E-state index contributed by atoms with van der Waals surface area (Å²) in [6.07, 6.45) is 3.08. The maximum atomic E-state index is 12.7. The SMILES string of the molecule is CN(C)CCNc1ccc(C(=O)N2CCN(C(=O)c3ccco3)CC2)cn1. The lowest BCUT2D eigenvalue weighted by atomic mass is 10.2. The van der Waals surface area contributed by atoms with Crippen LogP contribution in [0.15, 0.2) is 41.1 Å². The Bertz CT molecular complexity index is 750. The lowest BCUT2D eigenvalue weighted by Crippen LogP contribution is -2.50. The molecule has 1 aliphatic rings. The molecule has 144 valence electrons. The molecule has 0 radical (unpaired) electrons. The average Bonchev–Trinajstić information content (AvgIpc) is 3.22. The van der Waals surface area contributed by atoms with Gasteiger partial charge >= 0.3 is 0 Å². The zero-order valence-corrected chi connectivity index (χ0v) is 15.7. The number of hydrogen-bond acceptors (Lipinski definition) is 6. The lowest BCUT2D eigenvalue weighted by Gasteiger charge is -2.34. The van der Waals surface area contributed by atoms with Gasteiger partial charge in [-0.15, -0.1) is 0 Å². The predicted molar refractivity (Wildman–Crippen MR) is 102 cm³/mol. The van der Waals surface area contributed by atoms with Crippen LogP contribution in [-0.4, -0.2) is 84.9 Å². The van der Waals surface area contributed by atoms with E-state index in [0.717, 1.165) is 18.9 Å². The second-order valence-corrected chi connectivity index (χ2v) is 6.72. The van der Waals surface area contributed by atoms with Crippen LogP contribution in [0.25, 0.3) is 0 Å². The number of anilines is 1. The standard InChI is InChI=1S/C19H25N5O3/c1-22(2)8-7-20-17-6-5-15(14-21-17)18(25)23-9-11-24(12-10-23)19(26)16-4-3-13-27-16/h3-6,13-14H,7-12H2,1-2H3,(H,20,21). The van der Waals surface area contributed by atoms with Crippen molar-refractivity contribution >= 4 is 17.6 Å². The summed E-state index contributed by atoms with van der Waals surface area (Å²) in [4.78, 5) is 34.8. The molecule has 0 bridgehead atoms. The summed E-state index contributed by atoms with van der Waals surface area (Å²) in [5.74, 6) is 0.882. The average molecular weight is 371 g/mol. The number of carbonyl (C=O) groups is 2. The normalized spacial score (nSPS) is 14.5. The van der Waals surface area contributed by atoms with Crippen LogP contribution in [0.1, 0.15) is 20.9 Å². The number of aromatic nitrogens is 1. The van der Waals surface area contributed by atoms with Crippen LogP contribution in [-0.2, 0) is 0 Å². The van der Waals surface area contributed by atoms with E-state index >= 15 is 0 Å². The Balaban J connectivity index is 1.51. The fourth-order valence-electron chi connectivity index (χ4n) is 2.88. The molecule has 0 aromatic carbocycles. The van der Waals surface area contributed by atoms with Crippen molar-refractivity contribution in [2.24, 2.45) is 0 Å². The number of likely N-dealkylation sites (N-methyl/N-ethyl adjacent to an activating group) is 1. The largest absolute Gasteiger partial charge is 0.459 e. The van der Waals surface area contributed by atoms with Crippen LogP contribution in [0, 0.1) is 0 Å². The first-order valence-electron chi connectivity index (χ1n) is 9.01. The molecular weight excluding hydrogens is 346 g/mol. The number of piperazine rings is 1. The van der Waals surface area contributed by atoms with Gasteiger partial charge in [-0.1, -0.05) is 0 Å². The molecule has 1 aliphatic heterocycles. The first-order valence-corrected chi connectivity index (χ1v) is 9.01. The fourth-order valence-corrected chi connectivity index (χ4v) is 2.88. The van der Waals surface area contributed by atoms with Gasteiger partial charge in [-0.3, -0.25) is 9.59 Å². The van der Waals surface area contributed by atoms with Gasteiger partial charge in [0, 0.05) is 45.5 Å². The van der Waals surface area contributed by atoms with E-state index in [9.17, 15) is 9.59 Å². The topological polar surface area (TPSA) is 81.9 Å². The minimum absolute atomic E-state index is 0.0626. The van der Waals surface area contributed by atoms with E-state index in [2.05, 4.69) is 15.2 Å². The van der Waals surface area contributed by atoms with E-state index < -0.39 is 0 Å². The van der Waals surface area contributed by atoms with Crippen molar-refractivity contribution < 1.29 is 14.0 Å². The van der Waals surface area contributed by atoms with Crippen LogP contribution in [0.4, 0.5) is 5.82 Å². The molecule has 1 fully saturated rings. The maximum Gasteiger partial charge on any atom is 0.289 e. The second kappa shape index (κ2) is 8.68. The van der Waals surface area contributed by atoms with Crippen molar-refractivity contribution in [3.05, 3.63) is 48.0 Å². The highest BCUT2D eigenvalue weighted by atomic mass is 16.3. The molecule has 3 heterocycles. The smallest absolute Gasteiger partial charge is 0.289 e. The molecule has 8 nitrogen and oxygen atoms in total. The number of carbonyl (C=O) groups excluding carboxylic acids is 2. The molecular formula is C19H25N5O3. The molecule has 0 unspecified atom stereocenters. The van der Waals surface area contributed by atoms with Crippen molar-refractivity contribution in [1.29, 1.82) is 0 Å².